The lowest BCUT2D eigenvalue weighted by Gasteiger charge is -2.18. The lowest BCUT2D eigenvalue weighted by molar-refractivity contribution is 0.0504. The second-order valence-electron chi connectivity index (χ2n) is 5.67. The number of nitrogens with zero attached hydrogens (tertiary/aromatic N) is 1. The zero-order valence-electron chi connectivity index (χ0n) is 15.1. The highest BCUT2D eigenvalue weighted by Gasteiger charge is 2.28. The van der Waals surface area contributed by atoms with Gasteiger partial charge in [-0.25, -0.2) is 9.59 Å². The first-order valence-electron chi connectivity index (χ1n) is 8.07. The van der Waals surface area contributed by atoms with Gasteiger partial charge < -0.3 is 14.6 Å². The molecule has 1 aromatic heterocycles. The minimum atomic E-state index is -1.20. The van der Waals surface area contributed by atoms with E-state index in [1.54, 1.807) is 32.0 Å². The topological polar surface area (TPSA) is 85.7 Å². The number of carbonyl (C=O) groups is 2. The van der Waals surface area contributed by atoms with Crippen LogP contribution < -0.4 is 4.74 Å². The summed E-state index contributed by atoms with van der Waals surface area (Å²) in [6.45, 7) is 5.31. The van der Waals surface area contributed by atoms with E-state index in [4.69, 9.17) is 21.1 Å². The Balaban J connectivity index is 2.88. The highest BCUT2D eigenvalue weighted by atomic mass is 35.5. The summed E-state index contributed by atoms with van der Waals surface area (Å²) in [5.41, 5.74) is 1.23. The maximum Gasteiger partial charge on any atom is 0.340 e. The van der Waals surface area contributed by atoms with Gasteiger partial charge in [-0.2, -0.15) is 0 Å². The van der Waals surface area contributed by atoms with E-state index in [1.807, 2.05) is 6.92 Å². The Morgan fingerprint density at radius 1 is 1.19 bits per heavy atom. The number of aromatic nitrogens is 1. The number of ether oxygens (including phenoxy) is 2. The van der Waals surface area contributed by atoms with Crippen molar-refractivity contribution in [1.82, 2.24) is 4.98 Å². The smallest absolute Gasteiger partial charge is 0.340 e. The highest BCUT2D eigenvalue weighted by molar-refractivity contribution is 6.35. The number of hydrogen-bond donors (Lipinski definition) is 1. The normalized spacial score (nSPS) is 10.5. The maximum atomic E-state index is 12.6. The van der Waals surface area contributed by atoms with Crippen molar-refractivity contribution < 1.29 is 24.2 Å². The number of pyridine rings is 1. The fourth-order valence-electron chi connectivity index (χ4n) is 2.76. The molecule has 7 heteroatoms. The van der Waals surface area contributed by atoms with Gasteiger partial charge in [-0.1, -0.05) is 30.7 Å². The summed E-state index contributed by atoms with van der Waals surface area (Å²) in [7, 11) is 1.46. The Hall–Kier alpha value is -2.60. The lowest BCUT2D eigenvalue weighted by Crippen LogP contribution is -2.16. The molecule has 6 nitrogen and oxygen atoms in total. The molecule has 1 aromatic carbocycles. The molecule has 0 atom stereocenters. The number of halogens is 1. The van der Waals surface area contributed by atoms with E-state index in [0.29, 0.717) is 23.4 Å². The van der Waals surface area contributed by atoms with Crippen LogP contribution in [0.1, 0.15) is 45.4 Å². The molecule has 0 bridgehead atoms. The molecule has 0 radical (unpaired) electrons. The van der Waals surface area contributed by atoms with Crippen molar-refractivity contribution in [3.63, 3.8) is 0 Å². The minimum absolute atomic E-state index is 0.0887. The molecule has 0 aliphatic carbocycles. The molecule has 2 aromatic rings. The SMILES string of the molecule is CCCOC(=O)c1c(C)nc(C)c(C(=O)O)c1-c1cccc(OC)c1Cl. The van der Waals surface area contributed by atoms with Crippen LogP contribution in [0, 0.1) is 13.8 Å². The second-order valence-corrected chi connectivity index (χ2v) is 6.05. The molecule has 0 aliphatic rings. The fraction of sp³-hybridized carbons (Fsp3) is 0.316. The Morgan fingerprint density at radius 3 is 2.42 bits per heavy atom. The van der Waals surface area contributed by atoms with Crippen LogP contribution in [-0.2, 0) is 4.74 Å². The van der Waals surface area contributed by atoms with Gasteiger partial charge in [0.05, 0.1) is 41.3 Å². The number of hydrogen-bond acceptors (Lipinski definition) is 5. The van der Waals surface area contributed by atoms with Crippen molar-refractivity contribution in [2.75, 3.05) is 13.7 Å². The predicted octanol–water partition coefficient (Wildman–Crippen LogP) is 4.29. The van der Waals surface area contributed by atoms with Gasteiger partial charge >= 0.3 is 11.9 Å². The van der Waals surface area contributed by atoms with Crippen LogP contribution in [0.5, 0.6) is 5.75 Å². The van der Waals surface area contributed by atoms with E-state index in [0.717, 1.165) is 0 Å². The van der Waals surface area contributed by atoms with Gasteiger partial charge in [0.1, 0.15) is 5.75 Å². The van der Waals surface area contributed by atoms with E-state index in [1.165, 1.54) is 7.11 Å². The summed E-state index contributed by atoms with van der Waals surface area (Å²) in [6, 6.07) is 4.97. The van der Waals surface area contributed by atoms with Gasteiger partial charge in [-0.15, -0.1) is 0 Å². The van der Waals surface area contributed by atoms with Crippen molar-refractivity contribution in [3.8, 4) is 16.9 Å². The van der Waals surface area contributed by atoms with E-state index < -0.39 is 11.9 Å². The summed E-state index contributed by atoms with van der Waals surface area (Å²) in [4.78, 5) is 28.8. The molecule has 1 N–H and O–H groups in total. The number of rotatable bonds is 6. The number of carbonyl (C=O) groups excluding carboxylic acids is 1. The molecule has 138 valence electrons. The summed E-state index contributed by atoms with van der Waals surface area (Å²) < 4.78 is 10.5. The number of carboxylic acid groups (broad SMARTS) is 1. The first-order chi connectivity index (χ1) is 12.3. The average molecular weight is 378 g/mol. The van der Waals surface area contributed by atoms with Crippen LogP contribution in [0.3, 0.4) is 0 Å². The van der Waals surface area contributed by atoms with Gasteiger partial charge in [-0.05, 0) is 26.3 Å². The van der Waals surface area contributed by atoms with Crippen LogP contribution in [0.25, 0.3) is 11.1 Å². The third-order valence-electron chi connectivity index (χ3n) is 3.87. The van der Waals surface area contributed by atoms with Crippen molar-refractivity contribution in [2.45, 2.75) is 27.2 Å². The zero-order chi connectivity index (χ0) is 19.4. The molecule has 0 fully saturated rings. The molecular weight excluding hydrogens is 358 g/mol. The Labute approximate surface area is 156 Å². The summed E-state index contributed by atoms with van der Waals surface area (Å²) in [5.74, 6) is -1.46. The largest absolute Gasteiger partial charge is 0.495 e. The van der Waals surface area contributed by atoms with E-state index in [9.17, 15) is 14.7 Å². The van der Waals surface area contributed by atoms with Gasteiger partial charge in [0.25, 0.3) is 0 Å². The van der Waals surface area contributed by atoms with Gasteiger partial charge in [0, 0.05) is 11.1 Å². The van der Waals surface area contributed by atoms with Crippen molar-refractivity contribution in [1.29, 1.82) is 0 Å². The molecule has 2 rings (SSSR count). The first-order valence-corrected chi connectivity index (χ1v) is 8.45. The molecule has 0 spiro atoms. The summed E-state index contributed by atoms with van der Waals surface area (Å²) in [6.07, 6.45) is 0.644. The Morgan fingerprint density at radius 2 is 1.85 bits per heavy atom. The Kier molecular flexibility index (Phi) is 6.21. The number of carboxylic acids is 1. The molecule has 0 unspecified atom stereocenters. The number of aryl methyl sites for hydroxylation is 2. The number of esters is 1. The number of methoxy groups -OCH3 is 1. The quantitative estimate of drug-likeness (QED) is 0.755. The predicted molar refractivity (Wildman–Crippen MR) is 98.2 cm³/mol. The van der Waals surface area contributed by atoms with E-state index >= 15 is 0 Å². The molecule has 0 amide bonds. The van der Waals surface area contributed by atoms with Crippen molar-refractivity contribution in [2.24, 2.45) is 0 Å². The van der Waals surface area contributed by atoms with Gasteiger partial charge in [0.15, 0.2) is 0 Å². The molecule has 1 heterocycles. The van der Waals surface area contributed by atoms with Crippen LogP contribution in [0.2, 0.25) is 5.02 Å². The molecule has 0 aliphatic heterocycles. The Bertz CT molecular complexity index is 863. The average Bonchev–Trinajstić information content (AvgIpc) is 2.58. The summed E-state index contributed by atoms with van der Waals surface area (Å²) >= 11 is 6.42. The van der Waals surface area contributed by atoms with Crippen molar-refractivity contribution >= 4 is 23.5 Å². The molecule has 0 saturated carbocycles. The van der Waals surface area contributed by atoms with E-state index in [-0.39, 0.29) is 34.0 Å². The number of benzene rings is 1. The maximum absolute atomic E-state index is 12.6. The standard InChI is InChI=1S/C19H20ClNO5/c1-5-9-26-19(24)15-11(3)21-10(2)14(18(22)23)16(15)12-7-6-8-13(25-4)17(12)20/h6-8H,5,9H2,1-4H3,(H,22,23). The van der Waals surface area contributed by atoms with Crippen LogP contribution in [-0.4, -0.2) is 35.7 Å². The fourth-order valence-corrected chi connectivity index (χ4v) is 3.06. The zero-order valence-corrected chi connectivity index (χ0v) is 15.8. The molecule has 0 saturated heterocycles. The molecular formula is C19H20ClNO5. The van der Waals surface area contributed by atoms with Crippen molar-refractivity contribution in [3.05, 3.63) is 45.7 Å². The van der Waals surface area contributed by atoms with E-state index in [2.05, 4.69) is 4.98 Å². The van der Waals surface area contributed by atoms with Gasteiger partial charge in [-0.3, -0.25) is 4.98 Å². The van der Waals surface area contributed by atoms with Crippen LogP contribution >= 0.6 is 11.6 Å². The highest BCUT2D eigenvalue weighted by Crippen LogP contribution is 2.40. The van der Waals surface area contributed by atoms with Crippen LogP contribution in [0.15, 0.2) is 18.2 Å². The summed E-state index contributed by atoms with van der Waals surface area (Å²) in [5, 5.41) is 9.95. The third-order valence-corrected chi connectivity index (χ3v) is 4.26. The number of aromatic carboxylic acids is 1. The minimum Gasteiger partial charge on any atom is -0.495 e. The monoisotopic (exact) mass is 377 g/mol. The third kappa shape index (κ3) is 3.65. The van der Waals surface area contributed by atoms with Crippen LogP contribution in [0.4, 0.5) is 0 Å². The first kappa shape index (κ1) is 19.7. The second kappa shape index (κ2) is 8.19. The van der Waals surface area contributed by atoms with Gasteiger partial charge in [0.2, 0.25) is 0 Å². The lowest BCUT2D eigenvalue weighted by atomic mass is 9.92. The molecule has 26 heavy (non-hydrogen) atoms.